The molecule has 1 heterocycles. The number of aromatic nitrogens is 3. The van der Waals surface area contributed by atoms with Gasteiger partial charge in [0.2, 0.25) is 11.7 Å². The van der Waals surface area contributed by atoms with Crippen LogP contribution in [-0.2, 0) is 4.79 Å². The van der Waals surface area contributed by atoms with Gasteiger partial charge in [0.15, 0.2) is 0 Å². The highest BCUT2D eigenvalue weighted by molar-refractivity contribution is 6.31. The SMILES string of the molecule is CC(=O)Nc1ccc(NC(=O)c2nnc3ccc(Cl)cc3n2)cc1. The van der Waals surface area contributed by atoms with Gasteiger partial charge in [-0.3, -0.25) is 9.59 Å². The van der Waals surface area contributed by atoms with E-state index in [1.807, 2.05) is 0 Å². The third-order valence-electron chi connectivity index (χ3n) is 3.08. The first-order valence-corrected chi connectivity index (χ1v) is 7.38. The quantitative estimate of drug-likeness (QED) is 0.763. The van der Waals surface area contributed by atoms with Crippen molar-refractivity contribution in [1.29, 1.82) is 0 Å². The normalized spacial score (nSPS) is 10.4. The minimum atomic E-state index is -0.489. The topological polar surface area (TPSA) is 96.9 Å². The summed E-state index contributed by atoms with van der Waals surface area (Å²) in [4.78, 5) is 27.4. The number of amides is 2. The first-order valence-electron chi connectivity index (χ1n) is 7.00. The Morgan fingerprint density at radius 3 is 2.25 bits per heavy atom. The van der Waals surface area contributed by atoms with E-state index in [4.69, 9.17) is 11.6 Å². The second-order valence-electron chi connectivity index (χ2n) is 4.98. The van der Waals surface area contributed by atoms with E-state index in [9.17, 15) is 9.59 Å². The van der Waals surface area contributed by atoms with E-state index in [1.54, 1.807) is 42.5 Å². The number of carbonyl (C=O) groups excluding carboxylic acids is 2. The van der Waals surface area contributed by atoms with Crippen LogP contribution < -0.4 is 10.6 Å². The summed E-state index contributed by atoms with van der Waals surface area (Å²) in [5.41, 5.74) is 2.22. The minimum Gasteiger partial charge on any atom is -0.326 e. The smallest absolute Gasteiger partial charge is 0.295 e. The second-order valence-corrected chi connectivity index (χ2v) is 5.42. The van der Waals surface area contributed by atoms with Crippen molar-refractivity contribution in [3.63, 3.8) is 0 Å². The van der Waals surface area contributed by atoms with Crippen molar-refractivity contribution in [3.8, 4) is 0 Å². The van der Waals surface area contributed by atoms with Crippen molar-refractivity contribution in [1.82, 2.24) is 15.2 Å². The van der Waals surface area contributed by atoms with Gasteiger partial charge in [0, 0.05) is 23.3 Å². The fourth-order valence-electron chi connectivity index (χ4n) is 2.03. The summed E-state index contributed by atoms with van der Waals surface area (Å²) in [6, 6.07) is 11.6. The highest BCUT2D eigenvalue weighted by atomic mass is 35.5. The van der Waals surface area contributed by atoms with Gasteiger partial charge >= 0.3 is 0 Å². The van der Waals surface area contributed by atoms with Crippen molar-refractivity contribution < 1.29 is 9.59 Å². The van der Waals surface area contributed by atoms with E-state index >= 15 is 0 Å². The zero-order valence-corrected chi connectivity index (χ0v) is 13.3. The third kappa shape index (κ3) is 3.64. The van der Waals surface area contributed by atoms with Crippen LogP contribution in [0, 0.1) is 0 Å². The molecule has 0 saturated heterocycles. The van der Waals surface area contributed by atoms with Crippen LogP contribution in [-0.4, -0.2) is 27.0 Å². The Labute approximate surface area is 142 Å². The van der Waals surface area contributed by atoms with Gasteiger partial charge in [-0.1, -0.05) is 11.6 Å². The number of anilines is 2. The number of halogens is 1. The predicted molar refractivity (Wildman–Crippen MR) is 91.0 cm³/mol. The number of benzene rings is 2. The number of hydrogen-bond donors (Lipinski definition) is 2. The van der Waals surface area contributed by atoms with E-state index in [2.05, 4.69) is 25.8 Å². The lowest BCUT2D eigenvalue weighted by Crippen LogP contribution is -2.16. The van der Waals surface area contributed by atoms with Gasteiger partial charge < -0.3 is 10.6 Å². The summed E-state index contributed by atoms with van der Waals surface area (Å²) in [6.07, 6.45) is 0. The van der Waals surface area contributed by atoms with Gasteiger partial charge in [-0.2, -0.15) is 0 Å². The van der Waals surface area contributed by atoms with Gasteiger partial charge in [0.25, 0.3) is 5.91 Å². The van der Waals surface area contributed by atoms with Crippen LogP contribution in [0.3, 0.4) is 0 Å². The molecule has 120 valence electrons. The van der Waals surface area contributed by atoms with Crippen LogP contribution >= 0.6 is 11.6 Å². The first-order chi connectivity index (χ1) is 11.5. The molecule has 8 heteroatoms. The summed E-state index contributed by atoms with van der Waals surface area (Å²) >= 11 is 5.91. The van der Waals surface area contributed by atoms with E-state index in [1.165, 1.54) is 6.92 Å². The van der Waals surface area contributed by atoms with Gasteiger partial charge in [-0.05, 0) is 42.5 Å². The number of fused-ring (bicyclic) bond motifs is 1. The average molecular weight is 342 g/mol. The monoisotopic (exact) mass is 341 g/mol. The van der Waals surface area contributed by atoms with E-state index < -0.39 is 5.91 Å². The molecule has 2 amide bonds. The number of hydrogen-bond acceptors (Lipinski definition) is 5. The van der Waals surface area contributed by atoms with Gasteiger partial charge in [0.1, 0.15) is 5.52 Å². The molecule has 0 fully saturated rings. The summed E-state index contributed by atoms with van der Waals surface area (Å²) in [5.74, 6) is -0.714. The van der Waals surface area contributed by atoms with Gasteiger partial charge in [-0.25, -0.2) is 4.98 Å². The highest BCUT2D eigenvalue weighted by Crippen LogP contribution is 2.16. The van der Waals surface area contributed by atoms with Gasteiger partial charge in [-0.15, -0.1) is 10.2 Å². The predicted octanol–water partition coefficient (Wildman–Crippen LogP) is 2.89. The lowest BCUT2D eigenvalue weighted by atomic mass is 10.2. The number of nitrogens with one attached hydrogen (secondary N) is 2. The second kappa shape index (κ2) is 6.59. The molecule has 2 aromatic carbocycles. The first kappa shape index (κ1) is 15.8. The molecule has 0 unspecified atom stereocenters. The molecule has 0 aliphatic heterocycles. The Hall–Kier alpha value is -3.06. The zero-order chi connectivity index (χ0) is 17.1. The lowest BCUT2D eigenvalue weighted by molar-refractivity contribution is -0.114. The average Bonchev–Trinajstić information content (AvgIpc) is 2.55. The number of rotatable bonds is 3. The van der Waals surface area contributed by atoms with E-state index in [0.29, 0.717) is 27.4 Å². The highest BCUT2D eigenvalue weighted by Gasteiger charge is 2.12. The molecule has 0 aliphatic rings. The van der Waals surface area contributed by atoms with Crippen LogP contribution in [0.15, 0.2) is 42.5 Å². The van der Waals surface area contributed by atoms with Crippen LogP contribution in [0.25, 0.3) is 11.0 Å². The van der Waals surface area contributed by atoms with Crippen molar-refractivity contribution in [2.75, 3.05) is 10.6 Å². The lowest BCUT2D eigenvalue weighted by Gasteiger charge is -2.06. The summed E-state index contributed by atoms with van der Waals surface area (Å²) in [7, 11) is 0. The standard InChI is InChI=1S/C16H12ClN5O2/c1-9(23)18-11-3-5-12(6-4-11)19-16(24)15-20-14-8-10(17)2-7-13(14)21-22-15/h2-8H,1H3,(H,18,23)(H,19,24). The molecule has 0 radical (unpaired) electrons. The molecule has 0 atom stereocenters. The van der Waals surface area contributed by atoms with Crippen molar-refractivity contribution >= 4 is 45.8 Å². The van der Waals surface area contributed by atoms with Crippen molar-refractivity contribution in [3.05, 3.63) is 53.3 Å². The molecule has 24 heavy (non-hydrogen) atoms. The van der Waals surface area contributed by atoms with Crippen molar-refractivity contribution in [2.24, 2.45) is 0 Å². The molecule has 0 saturated carbocycles. The molecule has 3 aromatic rings. The third-order valence-corrected chi connectivity index (χ3v) is 3.32. The molecule has 2 N–H and O–H groups in total. The Kier molecular flexibility index (Phi) is 4.35. The zero-order valence-electron chi connectivity index (χ0n) is 12.6. The van der Waals surface area contributed by atoms with Gasteiger partial charge in [0.05, 0.1) is 5.52 Å². The molecule has 7 nitrogen and oxygen atoms in total. The van der Waals surface area contributed by atoms with Crippen LogP contribution in [0.1, 0.15) is 17.5 Å². The largest absolute Gasteiger partial charge is 0.326 e. The molecule has 0 spiro atoms. The maximum absolute atomic E-state index is 12.2. The van der Waals surface area contributed by atoms with Crippen LogP contribution in [0.5, 0.6) is 0 Å². The molecular weight excluding hydrogens is 330 g/mol. The summed E-state index contributed by atoms with van der Waals surface area (Å²) < 4.78 is 0. The number of carbonyl (C=O) groups is 2. The minimum absolute atomic E-state index is 0.0595. The Morgan fingerprint density at radius 1 is 0.917 bits per heavy atom. The Morgan fingerprint density at radius 2 is 1.58 bits per heavy atom. The fourth-order valence-corrected chi connectivity index (χ4v) is 2.20. The summed E-state index contributed by atoms with van der Waals surface area (Å²) in [5, 5.41) is 13.6. The maximum Gasteiger partial charge on any atom is 0.295 e. The molecule has 0 bridgehead atoms. The van der Waals surface area contributed by atoms with Crippen LogP contribution in [0.2, 0.25) is 5.02 Å². The molecular formula is C16H12ClN5O2. The van der Waals surface area contributed by atoms with Crippen LogP contribution in [0.4, 0.5) is 11.4 Å². The maximum atomic E-state index is 12.2. The Balaban J connectivity index is 1.78. The number of nitrogens with zero attached hydrogens (tertiary/aromatic N) is 3. The molecule has 1 aromatic heterocycles. The summed E-state index contributed by atoms with van der Waals surface area (Å²) in [6.45, 7) is 1.42. The van der Waals surface area contributed by atoms with E-state index in [-0.39, 0.29) is 11.7 Å². The van der Waals surface area contributed by atoms with E-state index in [0.717, 1.165) is 0 Å². The molecule has 3 rings (SSSR count). The Bertz CT molecular complexity index is 927. The van der Waals surface area contributed by atoms with Crippen molar-refractivity contribution in [2.45, 2.75) is 6.92 Å². The fraction of sp³-hybridized carbons (Fsp3) is 0.0625. The molecule has 0 aliphatic carbocycles.